The van der Waals surface area contributed by atoms with Crippen LogP contribution in [0, 0.1) is 19.8 Å². The van der Waals surface area contributed by atoms with Gasteiger partial charge in [-0.1, -0.05) is 54.4 Å². The van der Waals surface area contributed by atoms with Gasteiger partial charge in [0.15, 0.2) is 0 Å². The van der Waals surface area contributed by atoms with E-state index < -0.39 is 22.0 Å². The second-order valence-corrected chi connectivity index (χ2v) is 9.71. The minimum atomic E-state index is -3.76. The first-order chi connectivity index (χ1) is 13.8. The second-order valence-electron chi connectivity index (χ2n) is 8.00. The molecule has 1 fully saturated rings. The topological polar surface area (TPSA) is 66.5 Å². The number of aryl methyl sites for hydroxylation is 2. The highest BCUT2D eigenvalue weighted by molar-refractivity contribution is 7.89. The summed E-state index contributed by atoms with van der Waals surface area (Å²) >= 11 is 0. The second kappa shape index (κ2) is 9.09. The Kier molecular flexibility index (Phi) is 6.75. The van der Waals surface area contributed by atoms with Crippen molar-refractivity contribution >= 4 is 15.9 Å². The maximum atomic E-state index is 13.1. The SMILES string of the molecule is Cc1ccc([C@@H](NS(=O)(=O)c2ccc(C)cc2)[C@@H](C)C(=O)N2CCCCC2)cc1. The molecule has 0 radical (unpaired) electrons. The van der Waals surface area contributed by atoms with E-state index in [1.165, 1.54) is 0 Å². The van der Waals surface area contributed by atoms with E-state index in [4.69, 9.17) is 0 Å². The lowest BCUT2D eigenvalue weighted by molar-refractivity contribution is -0.136. The smallest absolute Gasteiger partial charge is 0.241 e. The van der Waals surface area contributed by atoms with E-state index in [-0.39, 0.29) is 10.8 Å². The Morgan fingerprint density at radius 2 is 1.41 bits per heavy atom. The summed E-state index contributed by atoms with van der Waals surface area (Å²) < 4.78 is 28.9. The summed E-state index contributed by atoms with van der Waals surface area (Å²) in [5.41, 5.74) is 2.88. The number of hydrogen-bond acceptors (Lipinski definition) is 3. The third-order valence-electron chi connectivity index (χ3n) is 5.61. The molecular weight excluding hydrogens is 384 g/mol. The Labute approximate surface area is 174 Å². The van der Waals surface area contributed by atoms with Crippen LogP contribution in [0.25, 0.3) is 0 Å². The zero-order valence-electron chi connectivity index (χ0n) is 17.4. The number of hydrogen-bond donors (Lipinski definition) is 1. The third kappa shape index (κ3) is 5.25. The summed E-state index contributed by atoms with van der Waals surface area (Å²) in [6.45, 7) is 7.21. The van der Waals surface area contributed by atoms with Crippen LogP contribution in [0.1, 0.15) is 48.9 Å². The van der Waals surface area contributed by atoms with E-state index in [1.807, 2.05) is 49.9 Å². The van der Waals surface area contributed by atoms with Crippen LogP contribution >= 0.6 is 0 Å². The van der Waals surface area contributed by atoms with Crippen molar-refractivity contribution in [3.05, 3.63) is 65.2 Å². The van der Waals surface area contributed by atoms with Crippen LogP contribution in [0.15, 0.2) is 53.4 Å². The van der Waals surface area contributed by atoms with Gasteiger partial charge in [0.2, 0.25) is 15.9 Å². The van der Waals surface area contributed by atoms with Crippen molar-refractivity contribution < 1.29 is 13.2 Å². The number of nitrogens with one attached hydrogen (secondary N) is 1. The van der Waals surface area contributed by atoms with Gasteiger partial charge in [0.25, 0.3) is 0 Å². The molecule has 1 aliphatic heterocycles. The molecule has 1 aliphatic rings. The Balaban J connectivity index is 1.91. The average Bonchev–Trinajstić information content (AvgIpc) is 2.73. The predicted molar refractivity (Wildman–Crippen MR) is 115 cm³/mol. The first-order valence-electron chi connectivity index (χ1n) is 10.2. The van der Waals surface area contributed by atoms with Gasteiger partial charge in [0, 0.05) is 13.1 Å². The van der Waals surface area contributed by atoms with Gasteiger partial charge in [-0.25, -0.2) is 13.1 Å². The fourth-order valence-electron chi connectivity index (χ4n) is 3.73. The molecule has 2 aromatic rings. The summed E-state index contributed by atoms with van der Waals surface area (Å²) in [5, 5.41) is 0. The van der Waals surface area contributed by atoms with E-state index in [1.54, 1.807) is 24.3 Å². The van der Waals surface area contributed by atoms with Crippen molar-refractivity contribution in [1.29, 1.82) is 0 Å². The highest BCUT2D eigenvalue weighted by atomic mass is 32.2. The quantitative estimate of drug-likeness (QED) is 0.778. The average molecular weight is 415 g/mol. The van der Waals surface area contributed by atoms with Gasteiger partial charge in [0.1, 0.15) is 0 Å². The van der Waals surface area contributed by atoms with Gasteiger partial charge in [-0.05, 0) is 50.8 Å². The van der Waals surface area contributed by atoms with Gasteiger partial charge < -0.3 is 4.90 Å². The largest absolute Gasteiger partial charge is 0.342 e. The highest BCUT2D eigenvalue weighted by Crippen LogP contribution is 2.28. The third-order valence-corrected chi connectivity index (χ3v) is 7.06. The van der Waals surface area contributed by atoms with E-state index >= 15 is 0 Å². The van der Waals surface area contributed by atoms with Gasteiger partial charge in [-0.15, -0.1) is 0 Å². The molecule has 0 saturated carbocycles. The van der Waals surface area contributed by atoms with Gasteiger partial charge >= 0.3 is 0 Å². The Morgan fingerprint density at radius 3 is 1.97 bits per heavy atom. The van der Waals surface area contributed by atoms with E-state index in [0.29, 0.717) is 0 Å². The van der Waals surface area contributed by atoms with Gasteiger partial charge in [-0.2, -0.15) is 0 Å². The maximum absolute atomic E-state index is 13.1. The fourth-order valence-corrected chi connectivity index (χ4v) is 5.04. The van der Waals surface area contributed by atoms with Crippen molar-refractivity contribution in [2.24, 2.45) is 5.92 Å². The van der Waals surface area contributed by atoms with E-state index in [0.717, 1.165) is 49.0 Å². The summed E-state index contributed by atoms with van der Waals surface area (Å²) in [6.07, 6.45) is 3.14. The molecule has 1 amide bonds. The first-order valence-corrected chi connectivity index (χ1v) is 11.7. The van der Waals surface area contributed by atoms with Crippen LogP contribution in [0.4, 0.5) is 0 Å². The monoisotopic (exact) mass is 414 g/mol. The highest BCUT2D eigenvalue weighted by Gasteiger charge is 2.33. The molecule has 1 saturated heterocycles. The number of piperidine rings is 1. The lowest BCUT2D eigenvalue weighted by Gasteiger charge is -2.32. The van der Waals surface area contributed by atoms with Crippen molar-refractivity contribution in [2.45, 2.75) is 51.0 Å². The summed E-state index contributed by atoms with van der Waals surface area (Å²) in [6, 6.07) is 13.8. The molecule has 29 heavy (non-hydrogen) atoms. The molecule has 0 aromatic heterocycles. The molecule has 0 unspecified atom stereocenters. The number of rotatable bonds is 6. The summed E-state index contributed by atoms with van der Waals surface area (Å²) in [7, 11) is -3.76. The fraction of sp³-hybridized carbons (Fsp3) is 0.435. The Bertz CT molecular complexity index is 931. The van der Waals surface area contributed by atoms with Gasteiger partial charge in [-0.3, -0.25) is 4.79 Å². The lowest BCUT2D eigenvalue weighted by Crippen LogP contribution is -2.44. The Morgan fingerprint density at radius 1 is 0.897 bits per heavy atom. The lowest BCUT2D eigenvalue weighted by atomic mass is 9.93. The van der Waals surface area contributed by atoms with Crippen LogP contribution in [-0.4, -0.2) is 32.3 Å². The number of amides is 1. The predicted octanol–water partition coefficient (Wildman–Crippen LogP) is 3.97. The van der Waals surface area contributed by atoms with Crippen LogP contribution in [0.3, 0.4) is 0 Å². The maximum Gasteiger partial charge on any atom is 0.241 e. The van der Waals surface area contributed by atoms with Crippen LogP contribution < -0.4 is 4.72 Å². The molecule has 2 atom stereocenters. The number of carbonyl (C=O) groups excluding carboxylic acids is 1. The van der Waals surface area contributed by atoms with E-state index in [2.05, 4.69) is 4.72 Å². The first kappa shape index (κ1) is 21.5. The molecule has 5 nitrogen and oxygen atoms in total. The molecule has 0 spiro atoms. The van der Waals surface area contributed by atoms with Crippen molar-refractivity contribution in [1.82, 2.24) is 9.62 Å². The number of benzene rings is 2. The molecule has 1 N–H and O–H groups in total. The molecule has 0 aliphatic carbocycles. The minimum Gasteiger partial charge on any atom is -0.342 e. The van der Waals surface area contributed by atoms with Gasteiger partial charge in [0.05, 0.1) is 16.9 Å². The number of nitrogens with zero attached hydrogens (tertiary/aromatic N) is 1. The Hall–Kier alpha value is -2.18. The zero-order chi connectivity index (χ0) is 21.0. The number of carbonyl (C=O) groups is 1. The molecule has 0 bridgehead atoms. The number of likely N-dealkylation sites (tertiary alicyclic amines) is 1. The van der Waals surface area contributed by atoms with Crippen molar-refractivity contribution in [2.75, 3.05) is 13.1 Å². The van der Waals surface area contributed by atoms with E-state index in [9.17, 15) is 13.2 Å². The van der Waals surface area contributed by atoms with Crippen LogP contribution in [-0.2, 0) is 14.8 Å². The molecular formula is C23H30N2O3S. The molecule has 2 aromatic carbocycles. The molecule has 1 heterocycles. The van der Waals surface area contributed by atoms with Crippen molar-refractivity contribution in [3.8, 4) is 0 Å². The molecule has 3 rings (SSSR count). The summed E-state index contributed by atoms with van der Waals surface area (Å²) in [5.74, 6) is -0.502. The van der Waals surface area contributed by atoms with Crippen molar-refractivity contribution in [3.63, 3.8) is 0 Å². The van der Waals surface area contributed by atoms with Crippen LogP contribution in [0.5, 0.6) is 0 Å². The standard InChI is InChI=1S/C23H30N2O3S/c1-17-7-11-20(12-8-17)22(19(3)23(26)25-15-5-4-6-16-25)24-29(27,28)21-13-9-18(2)10-14-21/h7-14,19,22,24H,4-6,15-16H2,1-3H3/t19-,22+/m1/s1. The molecule has 156 valence electrons. The number of sulfonamides is 1. The normalized spacial score (nSPS) is 17.0. The summed E-state index contributed by atoms with van der Waals surface area (Å²) in [4.78, 5) is 15.2. The molecule has 6 heteroatoms. The minimum absolute atomic E-state index is 0.00174. The zero-order valence-corrected chi connectivity index (χ0v) is 18.2. The van der Waals surface area contributed by atoms with Crippen LogP contribution in [0.2, 0.25) is 0 Å².